The van der Waals surface area contributed by atoms with Gasteiger partial charge < -0.3 is 16.0 Å². The summed E-state index contributed by atoms with van der Waals surface area (Å²) in [4.78, 5) is 14.4. The molecule has 1 atom stereocenters. The molecule has 1 fully saturated rings. The van der Waals surface area contributed by atoms with Crippen molar-refractivity contribution in [3.8, 4) is 0 Å². The molecule has 1 heterocycles. The number of nitrogens with zero attached hydrogens (tertiary/aromatic N) is 1. The van der Waals surface area contributed by atoms with Crippen molar-refractivity contribution in [2.45, 2.75) is 39.7 Å². The molecule has 0 bridgehead atoms. The van der Waals surface area contributed by atoms with E-state index in [0.29, 0.717) is 0 Å². The summed E-state index contributed by atoms with van der Waals surface area (Å²) in [6.45, 7) is 8.39. The summed E-state index contributed by atoms with van der Waals surface area (Å²) < 4.78 is 0. The molecule has 3 N–H and O–H groups in total. The summed E-state index contributed by atoms with van der Waals surface area (Å²) >= 11 is 0. The molecule has 116 valence electrons. The maximum atomic E-state index is 12.0. The van der Waals surface area contributed by atoms with Crippen LogP contribution < -0.4 is 16.0 Å². The number of amides is 1. The van der Waals surface area contributed by atoms with E-state index < -0.39 is 6.04 Å². The summed E-state index contributed by atoms with van der Waals surface area (Å²) in [5.74, 6) is 0.833. The van der Waals surface area contributed by atoms with Crippen molar-refractivity contribution in [3.05, 3.63) is 24.3 Å². The van der Waals surface area contributed by atoms with E-state index in [-0.39, 0.29) is 11.8 Å². The SMILES string of the molecule is CC1CCN(c2cccc(NC(=O)[C@@H](N)C(C)C)c2)CC1. The summed E-state index contributed by atoms with van der Waals surface area (Å²) in [7, 11) is 0. The van der Waals surface area contributed by atoms with Crippen LogP contribution in [0.2, 0.25) is 0 Å². The minimum Gasteiger partial charge on any atom is -0.371 e. The van der Waals surface area contributed by atoms with Crippen molar-refractivity contribution in [2.24, 2.45) is 17.6 Å². The monoisotopic (exact) mass is 289 g/mol. The Hall–Kier alpha value is -1.55. The van der Waals surface area contributed by atoms with Gasteiger partial charge in [0.25, 0.3) is 0 Å². The van der Waals surface area contributed by atoms with Crippen LogP contribution >= 0.6 is 0 Å². The quantitative estimate of drug-likeness (QED) is 0.896. The van der Waals surface area contributed by atoms with E-state index in [1.165, 1.54) is 18.5 Å². The van der Waals surface area contributed by atoms with Gasteiger partial charge in [0.1, 0.15) is 0 Å². The number of carbonyl (C=O) groups is 1. The van der Waals surface area contributed by atoms with E-state index in [9.17, 15) is 4.79 Å². The predicted octanol–water partition coefficient (Wildman–Crippen LogP) is 2.84. The Morgan fingerprint density at radius 3 is 2.62 bits per heavy atom. The molecule has 1 saturated heterocycles. The molecule has 1 aromatic rings. The van der Waals surface area contributed by atoms with Crippen molar-refractivity contribution < 1.29 is 4.79 Å². The van der Waals surface area contributed by atoms with Gasteiger partial charge in [-0.3, -0.25) is 4.79 Å². The Balaban J connectivity index is 2.02. The first-order valence-corrected chi connectivity index (χ1v) is 7.89. The number of hydrogen-bond acceptors (Lipinski definition) is 3. The third-order valence-electron chi connectivity index (χ3n) is 4.28. The molecule has 1 aliphatic rings. The number of hydrogen-bond donors (Lipinski definition) is 2. The van der Waals surface area contributed by atoms with Crippen molar-refractivity contribution in [3.63, 3.8) is 0 Å². The Bertz CT molecular complexity index is 479. The van der Waals surface area contributed by atoms with Gasteiger partial charge in [0.15, 0.2) is 0 Å². The van der Waals surface area contributed by atoms with E-state index >= 15 is 0 Å². The molecule has 1 amide bonds. The number of rotatable bonds is 4. The van der Waals surface area contributed by atoms with Crippen LogP contribution in [0.15, 0.2) is 24.3 Å². The lowest BCUT2D eigenvalue weighted by atomic mass is 9.99. The molecule has 0 radical (unpaired) electrons. The summed E-state index contributed by atoms with van der Waals surface area (Å²) in [6.07, 6.45) is 2.46. The molecule has 4 nitrogen and oxygen atoms in total. The largest absolute Gasteiger partial charge is 0.371 e. The molecule has 1 aliphatic heterocycles. The summed E-state index contributed by atoms with van der Waals surface area (Å²) in [6, 6.07) is 7.59. The van der Waals surface area contributed by atoms with E-state index in [4.69, 9.17) is 5.73 Å². The highest BCUT2D eigenvalue weighted by Gasteiger charge is 2.19. The zero-order valence-electron chi connectivity index (χ0n) is 13.3. The number of piperidine rings is 1. The normalized spacial score (nSPS) is 17.9. The lowest BCUT2D eigenvalue weighted by Crippen LogP contribution is -2.39. The Labute approximate surface area is 127 Å². The van der Waals surface area contributed by atoms with E-state index in [2.05, 4.69) is 23.2 Å². The van der Waals surface area contributed by atoms with E-state index in [0.717, 1.165) is 24.7 Å². The fourth-order valence-electron chi connectivity index (χ4n) is 2.58. The van der Waals surface area contributed by atoms with Gasteiger partial charge >= 0.3 is 0 Å². The van der Waals surface area contributed by atoms with Crippen LogP contribution in [0, 0.1) is 11.8 Å². The van der Waals surface area contributed by atoms with Gasteiger partial charge in [-0.2, -0.15) is 0 Å². The van der Waals surface area contributed by atoms with Crippen LogP contribution in [-0.4, -0.2) is 25.0 Å². The van der Waals surface area contributed by atoms with E-state index in [1.807, 2.05) is 32.0 Å². The fourth-order valence-corrected chi connectivity index (χ4v) is 2.58. The number of nitrogens with one attached hydrogen (secondary N) is 1. The molecule has 0 aromatic heterocycles. The Morgan fingerprint density at radius 1 is 1.33 bits per heavy atom. The molecule has 0 spiro atoms. The fraction of sp³-hybridized carbons (Fsp3) is 0.588. The molecule has 0 aliphatic carbocycles. The molecule has 0 saturated carbocycles. The smallest absolute Gasteiger partial charge is 0.241 e. The van der Waals surface area contributed by atoms with Gasteiger partial charge in [0.2, 0.25) is 5.91 Å². The van der Waals surface area contributed by atoms with Crippen molar-refractivity contribution >= 4 is 17.3 Å². The molecule has 2 rings (SSSR count). The number of benzene rings is 1. The molecule has 0 unspecified atom stereocenters. The van der Waals surface area contributed by atoms with Crippen LogP contribution in [0.1, 0.15) is 33.6 Å². The van der Waals surface area contributed by atoms with Crippen molar-refractivity contribution in [1.82, 2.24) is 0 Å². The van der Waals surface area contributed by atoms with Crippen molar-refractivity contribution in [2.75, 3.05) is 23.3 Å². The van der Waals surface area contributed by atoms with E-state index in [1.54, 1.807) is 0 Å². The second-order valence-corrected chi connectivity index (χ2v) is 6.48. The van der Waals surface area contributed by atoms with Gasteiger partial charge in [0, 0.05) is 24.5 Å². The first-order valence-electron chi connectivity index (χ1n) is 7.89. The minimum absolute atomic E-state index is 0.116. The van der Waals surface area contributed by atoms with Crippen LogP contribution in [-0.2, 0) is 4.79 Å². The highest BCUT2D eigenvalue weighted by molar-refractivity contribution is 5.95. The van der Waals surface area contributed by atoms with Crippen LogP contribution in [0.3, 0.4) is 0 Å². The van der Waals surface area contributed by atoms with Gasteiger partial charge in [-0.05, 0) is 42.9 Å². The van der Waals surface area contributed by atoms with Gasteiger partial charge in [-0.15, -0.1) is 0 Å². The third kappa shape index (κ3) is 4.21. The van der Waals surface area contributed by atoms with Crippen molar-refractivity contribution in [1.29, 1.82) is 0 Å². The predicted molar refractivity (Wildman–Crippen MR) is 88.5 cm³/mol. The van der Waals surface area contributed by atoms with Crippen LogP contribution in [0.5, 0.6) is 0 Å². The molecule has 4 heteroatoms. The second-order valence-electron chi connectivity index (χ2n) is 6.48. The lowest BCUT2D eigenvalue weighted by Gasteiger charge is -2.32. The molecular formula is C17H27N3O. The summed E-state index contributed by atoms with van der Waals surface area (Å²) in [5, 5.41) is 2.92. The number of carbonyl (C=O) groups excluding carboxylic acids is 1. The second kappa shape index (κ2) is 6.94. The van der Waals surface area contributed by atoms with Gasteiger partial charge in [-0.25, -0.2) is 0 Å². The summed E-state index contributed by atoms with van der Waals surface area (Å²) in [5.41, 5.74) is 7.89. The first-order chi connectivity index (χ1) is 9.97. The van der Waals surface area contributed by atoms with Gasteiger partial charge in [0.05, 0.1) is 6.04 Å². The Kier molecular flexibility index (Phi) is 5.23. The highest BCUT2D eigenvalue weighted by Crippen LogP contribution is 2.25. The molecule has 21 heavy (non-hydrogen) atoms. The number of nitrogens with two attached hydrogens (primary N) is 1. The minimum atomic E-state index is -0.468. The molecular weight excluding hydrogens is 262 g/mol. The zero-order valence-corrected chi connectivity index (χ0v) is 13.3. The standard InChI is InChI=1S/C17H27N3O/c1-12(2)16(18)17(21)19-14-5-4-6-15(11-14)20-9-7-13(3)8-10-20/h4-6,11-13,16H,7-10,18H2,1-3H3,(H,19,21)/t16-/m0/s1. The topological polar surface area (TPSA) is 58.4 Å². The maximum absolute atomic E-state index is 12.0. The van der Waals surface area contributed by atoms with Gasteiger partial charge in [-0.1, -0.05) is 26.8 Å². The van der Waals surface area contributed by atoms with Crippen LogP contribution in [0.4, 0.5) is 11.4 Å². The average molecular weight is 289 g/mol. The average Bonchev–Trinajstić information content (AvgIpc) is 2.47. The molecule has 1 aromatic carbocycles. The third-order valence-corrected chi connectivity index (χ3v) is 4.28. The zero-order chi connectivity index (χ0) is 15.4. The van der Waals surface area contributed by atoms with Crippen LogP contribution in [0.25, 0.3) is 0 Å². The maximum Gasteiger partial charge on any atom is 0.241 e. The number of anilines is 2. The highest BCUT2D eigenvalue weighted by atomic mass is 16.2. The first kappa shape index (κ1) is 15.8. The Morgan fingerprint density at radius 2 is 2.00 bits per heavy atom. The lowest BCUT2D eigenvalue weighted by molar-refractivity contribution is -0.118.